The van der Waals surface area contributed by atoms with Crippen molar-refractivity contribution in [3.63, 3.8) is 0 Å². The van der Waals surface area contributed by atoms with Gasteiger partial charge in [-0.15, -0.1) is 0 Å². The maximum Gasteiger partial charge on any atom is 0.163 e. The molecule has 0 aromatic carbocycles. The van der Waals surface area contributed by atoms with Crippen molar-refractivity contribution in [3.8, 4) is 0 Å². The third kappa shape index (κ3) is 4.56. The summed E-state index contributed by atoms with van der Waals surface area (Å²) in [5.74, 6) is -0.445. The maximum atomic E-state index is 6.17. The summed E-state index contributed by atoms with van der Waals surface area (Å²) in [6.07, 6.45) is 13.5. The van der Waals surface area contributed by atoms with Gasteiger partial charge in [-0.05, 0) is 51.5 Å². The summed E-state index contributed by atoms with van der Waals surface area (Å²) in [6, 6.07) is 0. The molecule has 3 aliphatic heterocycles. The van der Waals surface area contributed by atoms with Crippen LogP contribution in [0.1, 0.15) is 78.6 Å². The summed E-state index contributed by atoms with van der Waals surface area (Å²) in [4.78, 5) is 10.7. The number of hydrogen-bond donors (Lipinski definition) is 0. The molecular formula is C19H32O4. The van der Waals surface area contributed by atoms with E-state index in [1.807, 2.05) is 13.8 Å². The zero-order valence-electron chi connectivity index (χ0n) is 14.9. The van der Waals surface area contributed by atoms with Gasteiger partial charge in [0.15, 0.2) is 5.79 Å². The Morgan fingerprint density at radius 3 is 2.39 bits per heavy atom. The van der Waals surface area contributed by atoms with Crippen molar-refractivity contribution in [1.29, 1.82) is 0 Å². The predicted octanol–water partition coefficient (Wildman–Crippen LogP) is 4.68. The van der Waals surface area contributed by atoms with Crippen LogP contribution in [0.5, 0.6) is 0 Å². The molecule has 3 heterocycles. The average molecular weight is 324 g/mol. The molecule has 4 rings (SSSR count). The molecule has 4 heteroatoms. The number of ether oxygens (including phenoxy) is 2. The molecule has 1 aliphatic carbocycles. The number of unbranched alkanes of at least 4 members (excludes halogenated alkanes) is 3. The molecule has 4 atom stereocenters. The first-order valence-electron chi connectivity index (χ1n) is 9.46. The van der Waals surface area contributed by atoms with E-state index in [0.29, 0.717) is 0 Å². The molecule has 23 heavy (non-hydrogen) atoms. The van der Waals surface area contributed by atoms with Crippen LogP contribution in [0.3, 0.4) is 0 Å². The third-order valence-electron chi connectivity index (χ3n) is 5.17. The molecule has 2 bridgehead atoms. The molecule has 0 aromatic heterocycles. The van der Waals surface area contributed by atoms with Gasteiger partial charge in [0.2, 0.25) is 0 Å². The summed E-state index contributed by atoms with van der Waals surface area (Å²) in [7, 11) is 0. The normalized spacial score (nSPS) is 35.5. The molecular weight excluding hydrogens is 292 g/mol. The minimum absolute atomic E-state index is 0.164. The second-order valence-electron chi connectivity index (χ2n) is 7.64. The van der Waals surface area contributed by atoms with Crippen molar-refractivity contribution in [2.75, 3.05) is 0 Å². The van der Waals surface area contributed by atoms with E-state index in [4.69, 9.17) is 19.2 Å². The quantitative estimate of drug-likeness (QED) is 0.369. The monoisotopic (exact) mass is 324 g/mol. The van der Waals surface area contributed by atoms with Crippen molar-refractivity contribution in [2.45, 2.75) is 109 Å². The standard InChI is InChI=1S/C19H32O4/c1-4-5-6-7-8-17-18(21-19(2,3)20-17)11-9-14-13-15-10-12-16(14)23-22-15/h13,15-18H,4-12H2,1-3H3/t15-,16+,17+,18+/m1/s1. The highest BCUT2D eigenvalue weighted by molar-refractivity contribution is 5.16. The van der Waals surface area contributed by atoms with Gasteiger partial charge in [0.1, 0.15) is 12.2 Å². The molecule has 0 amide bonds. The van der Waals surface area contributed by atoms with Crippen LogP contribution < -0.4 is 0 Å². The van der Waals surface area contributed by atoms with Crippen LogP contribution >= 0.6 is 0 Å². The van der Waals surface area contributed by atoms with Crippen LogP contribution in [0.25, 0.3) is 0 Å². The summed E-state index contributed by atoms with van der Waals surface area (Å²) in [5.41, 5.74) is 1.39. The van der Waals surface area contributed by atoms with E-state index in [1.165, 1.54) is 31.3 Å². The summed E-state index contributed by atoms with van der Waals surface area (Å²) < 4.78 is 12.3. The van der Waals surface area contributed by atoms with E-state index >= 15 is 0 Å². The molecule has 4 nitrogen and oxygen atoms in total. The molecule has 132 valence electrons. The van der Waals surface area contributed by atoms with Crippen LogP contribution in [-0.2, 0) is 19.2 Å². The van der Waals surface area contributed by atoms with Crippen LogP contribution in [0.15, 0.2) is 11.6 Å². The van der Waals surface area contributed by atoms with Gasteiger partial charge in [0, 0.05) is 0 Å². The number of hydrogen-bond acceptors (Lipinski definition) is 4. The predicted molar refractivity (Wildman–Crippen MR) is 88.9 cm³/mol. The minimum atomic E-state index is -0.445. The molecule has 4 aliphatic rings. The van der Waals surface area contributed by atoms with Gasteiger partial charge in [-0.25, -0.2) is 9.78 Å². The topological polar surface area (TPSA) is 36.9 Å². The molecule has 0 spiro atoms. The van der Waals surface area contributed by atoms with Gasteiger partial charge in [-0.1, -0.05) is 38.7 Å². The molecule has 0 N–H and O–H groups in total. The Kier molecular flexibility index (Phi) is 5.78. The van der Waals surface area contributed by atoms with Crippen LogP contribution in [-0.4, -0.2) is 30.2 Å². The Morgan fingerprint density at radius 2 is 1.78 bits per heavy atom. The van der Waals surface area contributed by atoms with Gasteiger partial charge in [-0.2, -0.15) is 0 Å². The van der Waals surface area contributed by atoms with Crippen LogP contribution in [0.4, 0.5) is 0 Å². The zero-order chi connectivity index (χ0) is 16.3. The van der Waals surface area contributed by atoms with E-state index in [9.17, 15) is 0 Å². The zero-order valence-corrected chi connectivity index (χ0v) is 14.9. The Hall–Kier alpha value is -0.420. The molecule has 2 saturated heterocycles. The highest BCUT2D eigenvalue weighted by Gasteiger charge is 2.41. The van der Waals surface area contributed by atoms with Crippen LogP contribution in [0, 0.1) is 0 Å². The van der Waals surface area contributed by atoms with Crippen LogP contribution in [0.2, 0.25) is 0 Å². The van der Waals surface area contributed by atoms with E-state index in [0.717, 1.165) is 32.1 Å². The summed E-state index contributed by atoms with van der Waals surface area (Å²) in [5, 5.41) is 0. The highest BCUT2D eigenvalue weighted by Crippen LogP contribution is 2.37. The Bertz CT molecular complexity index is 410. The minimum Gasteiger partial charge on any atom is -0.345 e. The van der Waals surface area contributed by atoms with E-state index in [1.54, 1.807) is 0 Å². The van der Waals surface area contributed by atoms with E-state index in [2.05, 4.69) is 13.0 Å². The summed E-state index contributed by atoms with van der Waals surface area (Å²) in [6.45, 7) is 6.31. The first kappa shape index (κ1) is 17.4. The summed E-state index contributed by atoms with van der Waals surface area (Å²) >= 11 is 0. The SMILES string of the molecule is CCCCCC[C@@H]1OC(C)(C)O[C@H]1CCC1=C[C@H]2CC[C@@H]1OO2. The maximum absolute atomic E-state index is 6.17. The van der Waals surface area contributed by atoms with E-state index < -0.39 is 5.79 Å². The molecule has 2 fully saturated rings. The van der Waals surface area contributed by atoms with Gasteiger partial charge < -0.3 is 9.47 Å². The fourth-order valence-corrected chi connectivity index (χ4v) is 3.98. The first-order chi connectivity index (χ1) is 11.1. The second kappa shape index (κ2) is 7.64. The van der Waals surface area contributed by atoms with E-state index in [-0.39, 0.29) is 24.4 Å². The fourth-order valence-electron chi connectivity index (χ4n) is 3.98. The van der Waals surface area contributed by atoms with Crippen molar-refractivity contribution in [3.05, 3.63) is 11.6 Å². The Labute approximate surface area is 140 Å². The lowest BCUT2D eigenvalue weighted by Gasteiger charge is -2.34. The average Bonchev–Trinajstić information content (AvgIpc) is 2.85. The lowest BCUT2D eigenvalue weighted by molar-refractivity contribution is -0.364. The van der Waals surface area contributed by atoms with Gasteiger partial charge in [0.25, 0.3) is 0 Å². The van der Waals surface area contributed by atoms with Gasteiger partial charge in [0.05, 0.1) is 12.2 Å². The fraction of sp³-hybridized carbons (Fsp3) is 0.895. The molecule has 0 unspecified atom stereocenters. The van der Waals surface area contributed by atoms with Crippen molar-refractivity contribution < 1.29 is 19.2 Å². The molecule has 0 aromatic rings. The van der Waals surface area contributed by atoms with Crippen molar-refractivity contribution in [1.82, 2.24) is 0 Å². The number of rotatable bonds is 8. The van der Waals surface area contributed by atoms with Crippen molar-refractivity contribution in [2.24, 2.45) is 0 Å². The van der Waals surface area contributed by atoms with Crippen molar-refractivity contribution >= 4 is 0 Å². The smallest absolute Gasteiger partial charge is 0.163 e. The third-order valence-corrected chi connectivity index (χ3v) is 5.17. The largest absolute Gasteiger partial charge is 0.345 e. The highest BCUT2D eigenvalue weighted by atomic mass is 17.2. The number of fused-ring (bicyclic) bond motifs is 2. The molecule has 0 saturated carbocycles. The lowest BCUT2D eigenvalue weighted by Crippen LogP contribution is -2.34. The first-order valence-corrected chi connectivity index (χ1v) is 9.46. The Morgan fingerprint density at radius 1 is 1.00 bits per heavy atom. The van der Waals surface area contributed by atoms with Gasteiger partial charge >= 0.3 is 0 Å². The Balaban J connectivity index is 1.50. The second-order valence-corrected chi connectivity index (χ2v) is 7.64. The molecule has 0 radical (unpaired) electrons. The van der Waals surface area contributed by atoms with Gasteiger partial charge in [-0.3, -0.25) is 0 Å². The lowest BCUT2D eigenvalue weighted by atomic mass is 9.89.